The number of benzene rings is 1. The molecule has 0 radical (unpaired) electrons. The zero-order valence-electron chi connectivity index (χ0n) is 12.0. The molecule has 2 heteroatoms. The summed E-state index contributed by atoms with van der Waals surface area (Å²) in [7, 11) is 0. The number of hydrogen-bond acceptors (Lipinski definition) is 2. The summed E-state index contributed by atoms with van der Waals surface area (Å²) in [6.07, 6.45) is 5.40. The Morgan fingerprint density at radius 1 is 1.21 bits per heavy atom. The van der Waals surface area contributed by atoms with Crippen LogP contribution >= 0.6 is 0 Å². The highest BCUT2D eigenvalue weighted by Crippen LogP contribution is 2.49. The molecule has 1 saturated carbocycles. The summed E-state index contributed by atoms with van der Waals surface area (Å²) in [5.74, 6) is 1.94. The van der Waals surface area contributed by atoms with Crippen molar-refractivity contribution in [1.82, 2.24) is 0 Å². The first kappa shape index (κ1) is 13.0. The first-order chi connectivity index (χ1) is 9.00. The molecule has 4 unspecified atom stereocenters. The second kappa shape index (κ2) is 4.52. The number of rotatable bonds is 1. The van der Waals surface area contributed by atoms with Crippen molar-refractivity contribution < 1.29 is 5.11 Å². The molecule has 2 nitrogen and oxygen atoms in total. The third-order valence-electron chi connectivity index (χ3n) is 5.64. The molecule has 0 heterocycles. The van der Waals surface area contributed by atoms with Gasteiger partial charge in [0.2, 0.25) is 0 Å². The number of nitrogen functional groups attached to an aromatic ring is 1. The highest BCUT2D eigenvalue weighted by molar-refractivity contribution is 5.49. The van der Waals surface area contributed by atoms with E-state index in [0.29, 0.717) is 5.92 Å². The summed E-state index contributed by atoms with van der Waals surface area (Å²) in [6.45, 7) is 4.67. The molecular weight excluding hydrogens is 234 g/mol. The Bertz CT molecular complexity index is 484. The number of hydrogen-bond donors (Lipinski definition) is 2. The van der Waals surface area contributed by atoms with Crippen molar-refractivity contribution in [3.63, 3.8) is 0 Å². The van der Waals surface area contributed by atoms with E-state index in [1.54, 1.807) is 0 Å². The zero-order valence-corrected chi connectivity index (χ0v) is 12.0. The monoisotopic (exact) mass is 259 g/mol. The molecule has 0 amide bonds. The Hall–Kier alpha value is -1.02. The van der Waals surface area contributed by atoms with Gasteiger partial charge in [0, 0.05) is 5.69 Å². The van der Waals surface area contributed by atoms with E-state index in [4.69, 9.17) is 5.73 Å². The Balaban J connectivity index is 1.90. The van der Waals surface area contributed by atoms with Crippen LogP contribution in [0.3, 0.4) is 0 Å². The van der Waals surface area contributed by atoms with Gasteiger partial charge in [0.15, 0.2) is 0 Å². The van der Waals surface area contributed by atoms with Crippen LogP contribution in [-0.2, 0) is 12.0 Å². The highest BCUT2D eigenvalue weighted by Gasteiger charge is 2.45. The third-order valence-corrected chi connectivity index (χ3v) is 5.64. The molecular formula is C17H25NO. The molecule has 0 aromatic heterocycles. The van der Waals surface area contributed by atoms with Crippen molar-refractivity contribution in [2.24, 2.45) is 17.8 Å². The van der Waals surface area contributed by atoms with Gasteiger partial charge in [0.05, 0.1) is 5.60 Å². The van der Waals surface area contributed by atoms with Crippen molar-refractivity contribution in [2.75, 3.05) is 5.73 Å². The van der Waals surface area contributed by atoms with Crippen LogP contribution in [0.15, 0.2) is 18.2 Å². The van der Waals surface area contributed by atoms with Crippen molar-refractivity contribution in [3.8, 4) is 0 Å². The van der Waals surface area contributed by atoms with Crippen LogP contribution in [0.1, 0.15) is 50.7 Å². The first-order valence-electron chi connectivity index (χ1n) is 7.62. The Labute approximate surface area is 116 Å². The lowest BCUT2D eigenvalue weighted by atomic mass is 9.68. The molecule has 2 aliphatic rings. The number of aliphatic hydroxyl groups is 1. The molecule has 2 aliphatic carbocycles. The molecule has 4 atom stereocenters. The second-order valence-corrected chi connectivity index (χ2v) is 6.81. The fourth-order valence-electron chi connectivity index (χ4n) is 4.11. The van der Waals surface area contributed by atoms with E-state index in [2.05, 4.69) is 19.9 Å². The maximum absolute atomic E-state index is 11.2. The molecule has 19 heavy (non-hydrogen) atoms. The Morgan fingerprint density at radius 2 is 2.00 bits per heavy atom. The normalized spacial score (nSPS) is 38.2. The predicted molar refractivity (Wildman–Crippen MR) is 78.7 cm³/mol. The molecule has 0 bridgehead atoms. The van der Waals surface area contributed by atoms with E-state index >= 15 is 0 Å². The average Bonchev–Trinajstić information content (AvgIpc) is 2.71. The third kappa shape index (κ3) is 2.06. The smallest absolute Gasteiger partial charge is 0.0930 e. The minimum atomic E-state index is -0.600. The molecule has 3 N–H and O–H groups in total. The topological polar surface area (TPSA) is 46.2 Å². The minimum Gasteiger partial charge on any atom is -0.399 e. The van der Waals surface area contributed by atoms with E-state index in [-0.39, 0.29) is 0 Å². The quantitative estimate of drug-likeness (QED) is 0.759. The van der Waals surface area contributed by atoms with Crippen LogP contribution in [-0.4, -0.2) is 5.11 Å². The second-order valence-electron chi connectivity index (χ2n) is 6.81. The molecule has 0 saturated heterocycles. The standard InChI is InChI=1S/C17H25NO/c1-11-3-4-14(9-12(11)2)17(19)8-7-13-10-15(18)5-6-16(13)17/h5-6,10-12,14,19H,3-4,7-9,18H2,1-2H3. The van der Waals surface area contributed by atoms with Crippen LogP contribution in [0.5, 0.6) is 0 Å². The molecule has 0 aliphatic heterocycles. The lowest BCUT2D eigenvalue weighted by Crippen LogP contribution is -2.37. The molecule has 1 aromatic carbocycles. The van der Waals surface area contributed by atoms with E-state index in [9.17, 15) is 5.11 Å². The SMILES string of the molecule is CC1CCC(C2(O)CCc3cc(N)ccc32)CC1C. The summed E-state index contributed by atoms with van der Waals surface area (Å²) in [5.41, 5.74) is 8.48. The number of anilines is 1. The molecule has 0 spiro atoms. The van der Waals surface area contributed by atoms with E-state index in [0.717, 1.165) is 48.8 Å². The van der Waals surface area contributed by atoms with E-state index in [1.807, 2.05) is 12.1 Å². The van der Waals surface area contributed by atoms with Crippen LogP contribution in [0.25, 0.3) is 0 Å². The van der Waals surface area contributed by atoms with Gasteiger partial charge in [-0.1, -0.05) is 26.3 Å². The molecule has 1 aromatic rings. The van der Waals surface area contributed by atoms with E-state index in [1.165, 1.54) is 12.0 Å². The van der Waals surface area contributed by atoms with Crippen LogP contribution < -0.4 is 5.73 Å². The van der Waals surface area contributed by atoms with Gasteiger partial charge < -0.3 is 10.8 Å². The number of nitrogens with two attached hydrogens (primary N) is 1. The van der Waals surface area contributed by atoms with Gasteiger partial charge in [-0.15, -0.1) is 0 Å². The van der Waals surface area contributed by atoms with Crippen molar-refractivity contribution in [2.45, 2.75) is 51.6 Å². The lowest BCUT2D eigenvalue weighted by Gasteiger charge is -2.41. The van der Waals surface area contributed by atoms with Crippen LogP contribution in [0.2, 0.25) is 0 Å². The van der Waals surface area contributed by atoms with Gasteiger partial charge in [-0.3, -0.25) is 0 Å². The number of aryl methyl sites for hydroxylation is 1. The van der Waals surface area contributed by atoms with E-state index < -0.39 is 5.60 Å². The molecule has 3 rings (SSSR count). The fourth-order valence-corrected chi connectivity index (χ4v) is 4.11. The van der Waals surface area contributed by atoms with Crippen molar-refractivity contribution in [3.05, 3.63) is 29.3 Å². The van der Waals surface area contributed by atoms with Crippen LogP contribution in [0, 0.1) is 17.8 Å². The average molecular weight is 259 g/mol. The van der Waals surface area contributed by atoms with Gasteiger partial charge in [-0.25, -0.2) is 0 Å². The highest BCUT2D eigenvalue weighted by atomic mass is 16.3. The fraction of sp³-hybridized carbons (Fsp3) is 0.647. The predicted octanol–water partition coefficient (Wildman–Crippen LogP) is 3.47. The Kier molecular flexibility index (Phi) is 3.09. The summed E-state index contributed by atoms with van der Waals surface area (Å²) in [5, 5.41) is 11.2. The minimum absolute atomic E-state index is 0.420. The summed E-state index contributed by atoms with van der Waals surface area (Å²) in [4.78, 5) is 0. The molecule has 104 valence electrons. The Morgan fingerprint density at radius 3 is 2.74 bits per heavy atom. The first-order valence-corrected chi connectivity index (χ1v) is 7.62. The lowest BCUT2D eigenvalue weighted by molar-refractivity contribution is -0.0511. The maximum Gasteiger partial charge on any atom is 0.0930 e. The van der Waals surface area contributed by atoms with Gasteiger partial charge in [-0.05, 0) is 66.7 Å². The largest absolute Gasteiger partial charge is 0.399 e. The zero-order chi connectivity index (χ0) is 13.6. The summed E-state index contributed by atoms with van der Waals surface area (Å²) < 4.78 is 0. The summed E-state index contributed by atoms with van der Waals surface area (Å²) >= 11 is 0. The van der Waals surface area contributed by atoms with Crippen molar-refractivity contribution in [1.29, 1.82) is 0 Å². The maximum atomic E-state index is 11.2. The summed E-state index contributed by atoms with van der Waals surface area (Å²) in [6, 6.07) is 6.03. The van der Waals surface area contributed by atoms with Gasteiger partial charge in [0.25, 0.3) is 0 Å². The number of fused-ring (bicyclic) bond motifs is 1. The van der Waals surface area contributed by atoms with Gasteiger partial charge in [0.1, 0.15) is 0 Å². The van der Waals surface area contributed by atoms with Crippen LogP contribution in [0.4, 0.5) is 5.69 Å². The van der Waals surface area contributed by atoms with Crippen molar-refractivity contribution >= 4 is 5.69 Å². The van der Waals surface area contributed by atoms with Gasteiger partial charge >= 0.3 is 0 Å². The van der Waals surface area contributed by atoms with Gasteiger partial charge in [-0.2, -0.15) is 0 Å². The molecule has 1 fully saturated rings.